The number of aromatic amines is 1. The second kappa shape index (κ2) is 7.44. The van der Waals surface area contributed by atoms with Gasteiger partial charge in [0.25, 0.3) is 0 Å². The Labute approximate surface area is 164 Å². The maximum Gasteiger partial charge on any atom is 0.166 e. The standard InChI is InChI=1S/C23H23N3O2/c1-15-20(22(25-28-15)16-9-5-4-6-10-16)23-21(19(27)13-14-26(2)3)17-11-7-8-12-18(17)24-23/h4-12,24H,13-14H2,1-3H3. The number of nitrogens with one attached hydrogen (secondary N) is 1. The molecule has 0 atom stereocenters. The van der Waals surface area contributed by atoms with Gasteiger partial charge in [-0.3, -0.25) is 4.79 Å². The van der Waals surface area contributed by atoms with E-state index < -0.39 is 0 Å². The highest BCUT2D eigenvalue weighted by Crippen LogP contribution is 2.38. The molecule has 2 heterocycles. The Kier molecular flexibility index (Phi) is 4.84. The zero-order valence-corrected chi connectivity index (χ0v) is 16.3. The fourth-order valence-corrected chi connectivity index (χ4v) is 3.53. The molecule has 142 valence electrons. The molecule has 2 aromatic carbocycles. The average molecular weight is 373 g/mol. The van der Waals surface area contributed by atoms with Gasteiger partial charge in [-0.15, -0.1) is 0 Å². The summed E-state index contributed by atoms with van der Waals surface area (Å²) in [4.78, 5) is 18.7. The van der Waals surface area contributed by atoms with Gasteiger partial charge in [0.1, 0.15) is 11.5 Å². The molecule has 0 saturated carbocycles. The molecule has 0 bridgehead atoms. The molecule has 0 saturated heterocycles. The Balaban J connectivity index is 1.92. The van der Waals surface area contributed by atoms with Gasteiger partial charge in [-0.05, 0) is 27.1 Å². The molecular formula is C23H23N3O2. The number of Topliss-reactive ketones (excluding diaryl/α,β-unsaturated/α-hetero) is 1. The highest BCUT2D eigenvalue weighted by Gasteiger charge is 2.25. The number of hydrogen-bond donors (Lipinski definition) is 1. The van der Waals surface area contributed by atoms with Gasteiger partial charge >= 0.3 is 0 Å². The normalized spacial score (nSPS) is 11.4. The lowest BCUT2D eigenvalue weighted by atomic mass is 9.97. The molecule has 0 aliphatic heterocycles. The van der Waals surface area contributed by atoms with Gasteiger partial charge < -0.3 is 14.4 Å². The van der Waals surface area contributed by atoms with E-state index in [4.69, 9.17) is 4.52 Å². The first kappa shape index (κ1) is 18.2. The average Bonchev–Trinajstić information content (AvgIpc) is 3.27. The number of nitrogens with zero attached hydrogens (tertiary/aromatic N) is 2. The Morgan fingerprint density at radius 3 is 2.54 bits per heavy atom. The van der Waals surface area contributed by atoms with Gasteiger partial charge in [-0.2, -0.15) is 0 Å². The van der Waals surface area contributed by atoms with Gasteiger partial charge in [0.15, 0.2) is 5.78 Å². The molecule has 4 rings (SSSR count). The number of rotatable bonds is 6. The molecule has 4 aromatic rings. The molecule has 0 amide bonds. The van der Waals surface area contributed by atoms with Crippen LogP contribution in [0.4, 0.5) is 0 Å². The molecule has 5 nitrogen and oxygen atoms in total. The van der Waals surface area contributed by atoms with Crippen molar-refractivity contribution in [3.8, 4) is 22.5 Å². The number of ketones is 1. The summed E-state index contributed by atoms with van der Waals surface area (Å²) in [6, 6.07) is 17.8. The SMILES string of the molecule is Cc1onc(-c2ccccc2)c1-c1[nH]c2ccccc2c1C(=O)CCN(C)C. The van der Waals surface area contributed by atoms with Crippen molar-refractivity contribution in [1.29, 1.82) is 0 Å². The highest BCUT2D eigenvalue weighted by molar-refractivity contribution is 6.14. The summed E-state index contributed by atoms with van der Waals surface area (Å²) in [5.41, 5.74) is 4.97. The lowest BCUT2D eigenvalue weighted by Gasteiger charge is -2.09. The molecule has 0 aliphatic rings. The first-order chi connectivity index (χ1) is 13.6. The van der Waals surface area contributed by atoms with E-state index in [9.17, 15) is 4.79 Å². The van der Waals surface area contributed by atoms with Crippen LogP contribution in [0, 0.1) is 6.92 Å². The summed E-state index contributed by atoms with van der Waals surface area (Å²) < 4.78 is 5.54. The quantitative estimate of drug-likeness (QED) is 0.487. The van der Waals surface area contributed by atoms with Gasteiger partial charge in [0.2, 0.25) is 0 Å². The van der Waals surface area contributed by atoms with E-state index in [1.807, 2.05) is 80.5 Å². The second-order valence-electron chi connectivity index (χ2n) is 7.23. The number of benzene rings is 2. The van der Waals surface area contributed by atoms with Crippen LogP contribution in [-0.2, 0) is 0 Å². The topological polar surface area (TPSA) is 62.1 Å². The van der Waals surface area contributed by atoms with Crippen LogP contribution in [0.25, 0.3) is 33.4 Å². The predicted octanol–water partition coefficient (Wildman–Crippen LogP) is 4.93. The number of H-pyrrole nitrogens is 1. The van der Waals surface area contributed by atoms with Crippen LogP contribution in [0.3, 0.4) is 0 Å². The van der Waals surface area contributed by atoms with E-state index in [1.165, 1.54) is 0 Å². The first-order valence-corrected chi connectivity index (χ1v) is 9.37. The van der Waals surface area contributed by atoms with Crippen molar-refractivity contribution < 1.29 is 9.32 Å². The van der Waals surface area contributed by atoms with E-state index in [0.717, 1.165) is 33.4 Å². The number of aromatic nitrogens is 2. The zero-order chi connectivity index (χ0) is 19.7. The van der Waals surface area contributed by atoms with Crippen LogP contribution in [0.15, 0.2) is 59.1 Å². The van der Waals surface area contributed by atoms with Crippen molar-refractivity contribution in [1.82, 2.24) is 15.0 Å². The van der Waals surface area contributed by atoms with E-state index in [0.29, 0.717) is 24.3 Å². The second-order valence-corrected chi connectivity index (χ2v) is 7.23. The van der Waals surface area contributed by atoms with E-state index in [-0.39, 0.29) is 5.78 Å². The van der Waals surface area contributed by atoms with Crippen LogP contribution in [-0.4, -0.2) is 41.5 Å². The van der Waals surface area contributed by atoms with Crippen molar-refractivity contribution in [2.45, 2.75) is 13.3 Å². The Bertz CT molecular complexity index is 1120. The largest absolute Gasteiger partial charge is 0.360 e. The lowest BCUT2D eigenvalue weighted by molar-refractivity contribution is 0.0975. The molecular weight excluding hydrogens is 350 g/mol. The number of fused-ring (bicyclic) bond motifs is 1. The van der Waals surface area contributed by atoms with Crippen LogP contribution in [0.5, 0.6) is 0 Å². The van der Waals surface area contributed by atoms with Crippen molar-refractivity contribution in [3.63, 3.8) is 0 Å². The third-order valence-corrected chi connectivity index (χ3v) is 4.93. The van der Waals surface area contributed by atoms with Crippen molar-refractivity contribution in [2.24, 2.45) is 0 Å². The fourth-order valence-electron chi connectivity index (χ4n) is 3.53. The Morgan fingerprint density at radius 1 is 1.07 bits per heavy atom. The molecule has 5 heteroatoms. The van der Waals surface area contributed by atoms with E-state index in [1.54, 1.807) is 0 Å². The van der Waals surface area contributed by atoms with Crippen LogP contribution >= 0.6 is 0 Å². The third kappa shape index (κ3) is 3.25. The van der Waals surface area contributed by atoms with Crippen LogP contribution in [0.2, 0.25) is 0 Å². The maximum absolute atomic E-state index is 13.2. The number of carbonyl (C=O) groups is 1. The molecule has 1 N–H and O–H groups in total. The molecule has 0 spiro atoms. The molecule has 0 fully saturated rings. The summed E-state index contributed by atoms with van der Waals surface area (Å²) in [6.07, 6.45) is 0.451. The Morgan fingerprint density at radius 2 is 1.79 bits per heavy atom. The summed E-state index contributed by atoms with van der Waals surface area (Å²) in [7, 11) is 3.95. The predicted molar refractivity (Wildman–Crippen MR) is 111 cm³/mol. The molecule has 0 aliphatic carbocycles. The summed E-state index contributed by atoms with van der Waals surface area (Å²) in [6.45, 7) is 2.58. The van der Waals surface area contributed by atoms with E-state index in [2.05, 4.69) is 10.1 Å². The molecule has 0 unspecified atom stereocenters. The van der Waals surface area contributed by atoms with Gasteiger partial charge in [0.05, 0.1) is 16.8 Å². The first-order valence-electron chi connectivity index (χ1n) is 9.37. The van der Waals surface area contributed by atoms with Crippen molar-refractivity contribution in [2.75, 3.05) is 20.6 Å². The van der Waals surface area contributed by atoms with Gasteiger partial charge in [0, 0.05) is 29.4 Å². The van der Waals surface area contributed by atoms with Crippen molar-refractivity contribution >= 4 is 16.7 Å². The third-order valence-electron chi connectivity index (χ3n) is 4.93. The maximum atomic E-state index is 13.2. The lowest BCUT2D eigenvalue weighted by Crippen LogP contribution is -2.17. The smallest absolute Gasteiger partial charge is 0.166 e. The van der Waals surface area contributed by atoms with Crippen molar-refractivity contribution in [3.05, 3.63) is 65.9 Å². The number of hydrogen-bond acceptors (Lipinski definition) is 4. The monoisotopic (exact) mass is 373 g/mol. The van der Waals surface area contributed by atoms with Crippen LogP contribution < -0.4 is 0 Å². The zero-order valence-electron chi connectivity index (χ0n) is 16.3. The minimum absolute atomic E-state index is 0.112. The molecule has 28 heavy (non-hydrogen) atoms. The highest BCUT2D eigenvalue weighted by atomic mass is 16.5. The summed E-state index contributed by atoms with van der Waals surface area (Å²) in [5, 5.41) is 5.22. The number of aryl methyl sites for hydroxylation is 1. The van der Waals surface area contributed by atoms with Gasteiger partial charge in [-0.25, -0.2) is 0 Å². The molecule has 2 aromatic heterocycles. The number of para-hydroxylation sites is 1. The minimum Gasteiger partial charge on any atom is -0.360 e. The molecule has 0 radical (unpaired) electrons. The Hall–Kier alpha value is -3.18. The summed E-state index contributed by atoms with van der Waals surface area (Å²) >= 11 is 0. The fraction of sp³-hybridized carbons (Fsp3) is 0.217. The van der Waals surface area contributed by atoms with Gasteiger partial charge in [-0.1, -0.05) is 53.7 Å². The van der Waals surface area contributed by atoms with E-state index >= 15 is 0 Å². The number of carbonyl (C=O) groups excluding carboxylic acids is 1. The van der Waals surface area contributed by atoms with Crippen LogP contribution in [0.1, 0.15) is 22.5 Å². The summed E-state index contributed by atoms with van der Waals surface area (Å²) in [5.74, 6) is 0.799. The minimum atomic E-state index is 0.112.